The first-order valence-corrected chi connectivity index (χ1v) is 12.7. The fraction of sp³-hybridized carbons (Fsp3) is 0.444. The highest BCUT2D eigenvalue weighted by molar-refractivity contribution is 6.04. The number of rotatable bonds is 5. The number of nitrogens with zero attached hydrogens (tertiary/aromatic N) is 4. The zero-order valence-corrected chi connectivity index (χ0v) is 21.0. The number of alkyl halides is 3. The Balaban J connectivity index is 1.22. The minimum absolute atomic E-state index is 0.286. The summed E-state index contributed by atoms with van der Waals surface area (Å²) >= 11 is 0. The molecular weight excluding hydrogens is 499 g/mol. The first-order valence-electron chi connectivity index (χ1n) is 12.7. The molecule has 0 unspecified atom stereocenters. The lowest BCUT2D eigenvalue weighted by atomic mass is 9.79. The van der Waals surface area contributed by atoms with E-state index in [0.717, 1.165) is 51.3 Å². The molecule has 8 nitrogen and oxygen atoms in total. The normalized spacial score (nSPS) is 22.8. The highest BCUT2D eigenvalue weighted by Gasteiger charge is 2.38. The van der Waals surface area contributed by atoms with Crippen LogP contribution in [-0.2, 0) is 16.5 Å². The number of amides is 1. The monoisotopic (exact) mass is 529 g/mol. The molecule has 5 rings (SSSR count). The number of carbonyl (C=O) groups is 1. The lowest BCUT2D eigenvalue weighted by Gasteiger charge is -2.41. The maximum absolute atomic E-state index is 12.9. The summed E-state index contributed by atoms with van der Waals surface area (Å²) in [5, 5.41) is 18.2. The molecule has 2 fully saturated rings. The number of aromatic nitrogens is 3. The Kier molecular flexibility index (Phi) is 7.26. The Morgan fingerprint density at radius 2 is 1.76 bits per heavy atom. The van der Waals surface area contributed by atoms with E-state index in [0.29, 0.717) is 41.6 Å². The van der Waals surface area contributed by atoms with Gasteiger partial charge in [0.15, 0.2) is 0 Å². The third-order valence-corrected chi connectivity index (χ3v) is 7.54. The summed E-state index contributed by atoms with van der Waals surface area (Å²) in [6.07, 6.45) is 1.49. The van der Waals surface area contributed by atoms with E-state index >= 15 is 0 Å². The molecule has 3 heterocycles. The van der Waals surface area contributed by atoms with Crippen molar-refractivity contribution < 1.29 is 27.8 Å². The van der Waals surface area contributed by atoms with E-state index in [1.165, 1.54) is 29.2 Å². The van der Waals surface area contributed by atoms with Gasteiger partial charge in [-0.3, -0.25) is 14.7 Å². The van der Waals surface area contributed by atoms with Crippen LogP contribution in [0, 0.1) is 6.92 Å². The molecule has 1 aromatic carbocycles. The number of hydrogen-bond donors (Lipinski definition) is 2. The van der Waals surface area contributed by atoms with Crippen molar-refractivity contribution in [3.8, 4) is 5.69 Å². The maximum atomic E-state index is 12.9. The van der Waals surface area contributed by atoms with Gasteiger partial charge in [0.05, 0.1) is 59.5 Å². The number of morpholine rings is 1. The molecule has 1 saturated carbocycles. The highest BCUT2D eigenvalue weighted by Crippen LogP contribution is 2.38. The topological polar surface area (TPSA) is 92.5 Å². The second kappa shape index (κ2) is 10.5. The summed E-state index contributed by atoms with van der Waals surface area (Å²) in [5.41, 5.74) is 0.484. The molecule has 1 saturated heterocycles. The highest BCUT2D eigenvalue weighted by atomic mass is 19.4. The minimum atomic E-state index is -4.43. The average molecular weight is 530 g/mol. The number of anilines is 1. The second-order valence-corrected chi connectivity index (χ2v) is 9.90. The first-order chi connectivity index (χ1) is 18.1. The van der Waals surface area contributed by atoms with Crippen molar-refractivity contribution in [2.24, 2.45) is 0 Å². The SMILES string of the molecule is Cc1c(C(=O)Nc2ccc([C@]3(O)CC[C@@H](N4CCOCC4)CC3)nc2)cnn1-c1ccc(C(F)(F)F)cc1. The molecule has 0 bridgehead atoms. The Morgan fingerprint density at radius 1 is 1.08 bits per heavy atom. The number of benzene rings is 1. The predicted molar refractivity (Wildman–Crippen MR) is 134 cm³/mol. The second-order valence-electron chi connectivity index (χ2n) is 9.90. The van der Waals surface area contributed by atoms with Gasteiger partial charge in [0.25, 0.3) is 5.91 Å². The third kappa shape index (κ3) is 5.45. The number of aliphatic hydroxyl groups is 1. The molecular formula is C27H30F3N5O3. The summed E-state index contributed by atoms with van der Waals surface area (Å²) < 4.78 is 45.4. The van der Waals surface area contributed by atoms with E-state index in [9.17, 15) is 23.1 Å². The van der Waals surface area contributed by atoms with E-state index in [1.807, 2.05) is 0 Å². The van der Waals surface area contributed by atoms with Crippen LogP contribution in [0.3, 0.4) is 0 Å². The van der Waals surface area contributed by atoms with Crippen molar-refractivity contribution in [3.63, 3.8) is 0 Å². The molecule has 38 heavy (non-hydrogen) atoms. The first kappa shape index (κ1) is 26.3. The Bertz CT molecular complexity index is 1260. The fourth-order valence-electron chi connectivity index (χ4n) is 5.27. The van der Waals surface area contributed by atoms with E-state index in [4.69, 9.17) is 4.74 Å². The van der Waals surface area contributed by atoms with Crippen molar-refractivity contribution in [2.75, 3.05) is 31.6 Å². The van der Waals surface area contributed by atoms with Crippen LogP contribution in [0.15, 0.2) is 48.8 Å². The van der Waals surface area contributed by atoms with E-state index in [1.54, 1.807) is 19.1 Å². The van der Waals surface area contributed by atoms with Gasteiger partial charge in [0, 0.05) is 19.1 Å². The van der Waals surface area contributed by atoms with Crippen LogP contribution < -0.4 is 5.32 Å². The Morgan fingerprint density at radius 3 is 2.37 bits per heavy atom. The van der Waals surface area contributed by atoms with Crippen LogP contribution in [0.4, 0.5) is 18.9 Å². The van der Waals surface area contributed by atoms with Crippen molar-refractivity contribution in [1.82, 2.24) is 19.7 Å². The predicted octanol–water partition coefficient (Wildman–Crippen LogP) is 4.31. The van der Waals surface area contributed by atoms with Crippen LogP contribution in [0.25, 0.3) is 5.69 Å². The minimum Gasteiger partial charge on any atom is -0.384 e. The zero-order valence-electron chi connectivity index (χ0n) is 21.0. The average Bonchev–Trinajstić information content (AvgIpc) is 3.31. The zero-order chi connectivity index (χ0) is 26.9. The number of hydrogen-bond acceptors (Lipinski definition) is 6. The van der Waals surface area contributed by atoms with E-state index in [-0.39, 0.29) is 5.56 Å². The van der Waals surface area contributed by atoms with Gasteiger partial charge in [-0.15, -0.1) is 0 Å². The molecule has 1 aliphatic heterocycles. The summed E-state index contributed by atoms with van der Waals surface area (Å²) in [6.45, 7) is 5.04. The Labute approximate surface area is 218 Å². The summed E-state index contributed by atoms with van der Waals surface area (Å²) in [6, 6.07) is 8.48. The van der Waals surface area contributed by atoms with Crippen LogP contribution in [0.1, 0.15) is 53.0 Å². The van der Waals surface area contributed by atoms with Gasteiger partial charge in [-0.25, -0.2) is 4.68 Å². The van der Waals surface area contributed by atoms with Gasteiger partial charge in [-0.2, -0.15) is 18.3 Å². The van der Waals surface area contributed by atoms with Gasteiger partial charge in [0.2, 0.25) is 0 Å². The number of pyridine rings is 1. The molecule has 202 valence electrons. The molecule has 1 amide bonds. The summed E-state index contributed by atoms with van der Waals surface area (Å²) in [7, 11) is 0. The van der Waals surface area contributed by atoms with E-state index in [2.05, 4.69) is 20.3 Å². The number of ether oxygens (including phenoxy) is 1. The molecule has 0 spiro atoms. The molecule has 3 aromatic rings. The molecule has 2 aliphatic rings. The van der Waals surface area contributed by atoms with Gasteiger partial charge in [-0.1, -0.05) is 0 Å². The van der Waals surface area contributed by atoms with Gasteiger partial charge < -0.3 is 15.2 Å². The number of carbonyl (C=O) groups excluding carboxylic acids is 1. The van der Waals surface area contributed by atoms with Crippen molar-refractivity contribution >= 4 is 11.6 Å². The largest absolute Gasteiger partial charge is 0.416 e. The number of halogens is 3. The van der Waals surface area contributed by atoms with Crippen LogP contribution in [0.5, 0.6) is 0 Å². The molecule has 2 N–H and O–H groups in total. The van der Waals surface area contributed by atoms with Crippen molar-refractivity contribution in [1.29, 1.82) is 0 Å². The molecule has 0 atom stereocenters. The number of nitrogens with one attached hydrogen (secondary N) is 1. The summed E-state index contributed by atoms with van der Waals surface area (Å²) in [4.78, 5) is 19.8. The molecule has 2 aromatic heterocycles. The van der Waals surface area contributed by atoms with Crippen LogP contribution >= 0.6 is 0 Å². The van der Waals surface area contributed by atoms with Crippen molar-refractivity contribution in [2.45, 2.75) is 50.4 Å². The van der Waals surface area contributed by atoms with Gasteiger partial charge >= 0.3 is 6.18 Å². The van der Waals surface area contributed by atoms with Crippen molar-refractivity contribution in [3.05, 3.63) is 71.3 Å². The van der Waals surface area contributed by atoms with Gasteiger partial charge in [0.1, 0.15) is 5.60 Å². The Hall–Kier alpha value is -3.28. The van der Waals surface area contributed by atoms with Crippen LogP contribution in [-0.4, -0.2) is 63.0 Å². The van der Waals surface area contributed by atoms with E-state index < -0.39 is 23.2 Å². The molecule has 1 aliphatic carbocycles. The molecule has 11 heteroatoms. The van der Waals surface area contributed by atoms with Gasteiger partial charge in [-0.05, 0) is 69.0 Å². The maximum Gasteiger partial charge on any atom is 0.416 e. The fourth-order valence-corrected chi connectivity index (χ4v) is 5.27. The quantitative estimate of drug-likeness (QED) is 0.512. The smallest absolute Gasteiger partial charge is 0.384 e. The summed E-state index contributed by atoms with van der Waals surface area (Å²) in [5.74, 6) is -0.417. The van der Waals surface area contributed by atoms with Crippen LogP contribution in [0.2, 0.25) is 0 Å². The molecule has 0 radical (unpaired) electrons. The lowest BCUT2D eigenvalue weighted by molar-refractivity contribution is -0.137. The third-order valence-electron chi connectivity index (χ3n) is 7.54. The lowest BCUT2D eigenvalue weighted by Crippen LogP contribution is -2.47. The standard InChI is InChI=1S/C27H30F3N5O3/c1-18-23(17-32-35(18)22-5-2-19(3-6-22)27(28,29)30)25(36)33-20-4-7-24(31-16-20)26(37)10-8-21(9-11-26)34-12-14-38-15-13-34/h2-7,16-17,21,37H,8-15H2,1H3,(H,33,36)/t21-,26+.